The summed E-state index contributed by atoms with van der Waals surface area (Å²) in [7, 11) is 1.30. The highest BCUT2D eigenvalue weighted by Crippen LogP contribution is 2.38. The third-order valence-corrected chi connectivity index (χ3v) is 3.74. The van der Waals surface area contributed by atoms with E-state index in [1.165, 1.54) is 7.11 Å². The van der Waals surface area contributed by atoms with Crippen LogP contribution in [0.2, 0.25) is 0 Å². The average Bonchev–Trinajstić information content (AvgIpc) is 2.86. The molecule has 1 unspecified atom stereocenters. The van der Waals surface area contributed by atoms with Crippen molar-refractivity contribution in [3.8, 4) is 0 Å². The molecule has 2 heterocycles. The second-order valence-corrected chi connectivity index (χ2v) is 4.83. The van der Waals surface area contributed by atoms with E-state index in [1.54, 1.807) is 0 Å². The normalized spacial score (nSPS) is 29.2. The molecule has 19 heavy (non-hydrogen) atoms. The van der Waals surface area contributed by atoms with Gasteiger partial charge in [-0.1, -0.05) is 6.92 Å². The number of ether oxygens (including phenoxy) is 3. The fraction of sp³-hybridized carbons (Fsp3) is 0.833. The van der Waals surface area contributed by atoms with Crippen molar-refractivity contribution in [3.05, 3.63) is 0 Å². The molecule has 108 valence electrons. The van der Waals surface area contributed by atoms with Gasteiger partial charge in [0.1, 0.15) is 0 Å². The van der Waals surface area contributed by atoms with Crippen molar-refractivity contribution in [1.82, 2.24) is 5.06 Å². The topological polar surface area (TPSA) is 85.3 Å². The van der Waals surface area contributed by atoms with Crippen LogP contribution < -0.4 is 0 Å². The van der Waals surface area contributed by atoms with Crippen molar-refractivity contribution in [2.24, 2.45) is 5.92 Å². The predicted molar refractivity (Wildman–Crippen MR) is 62.1 cm³/mol. The molecule has 2 aliphatic rings. The van der Waals surface area contributed by atoms with E-state index in [0.29, 0.717) is 24.7 Å². The van der Waals surface area contributed by atoms with Crippen molar-refractivity contribution >= 4 is 11.9 Å². The predicted octanol–water partition coefficient (Wildman–Crippen LogP) is 0.309. The molecule has 2 rings (SSSR count). The Labute approximate surface area is 111 Å². The Bertz CT molecular complexity index is 365. The second kappa shape index (κ2) is 5.44. The van der Waals surface area contributed by atoms with Gasteiger partial charge in [-0.2, -0.15) is 0 Å². The number of hydroxylamine groups is 2. The molecule has 2 fully saturated rings. The smallest absolute Gasteiger partial charge is 0.310 e. The molecule has 0 aromatic carbocycles. The molecule has 1 amide bonds. The van der Waals surface area contributed by atoms with Crippen molar-refractivity contribution in [3.63, 3.8) is 0 Å². The zero-order valence-electron chi connectivity index (χ0n) is 11.1. The van der Waals surface area contributed by atoms with Gasteiger partial charge in [-0.3, -0.25) is 14.8 Å². The van der Waals surface area contributed by atoms with Crippen LogP contribution in [0.1, 0.15) is 26.2 Å². The minimum Gasteiger partial charge on any atom is -0.469 e. The van der Waals surface area contributed by atoms with Gasteiger partial charge in [-0.25, -0.2) is 5.06 Å². The van der Waals surface area contributed by atoms with Crippen LogP contribution >= 0.6 is 0 Å². The Morgan fingerprint density at radius 3 is 2.68 bits per heavy atom. The summed E-state index contributed by atoms with van der Waals surface area (Å²) in [5, 5.41) is 10.3. The quantitative estimate of drug-likeness (QED) is 0.441. The van der Waals surface area contributed by atoms with E-state index in [4.69, 9.17) is 9.47 Å². The fourth-order valence-corrected chi connectivity index (χ4v) is 2.66. The number of hydrogen-bond donors (Lipinski definition) is 1. The van der Waals surface area contributed by atoms with E-state index in [1.807, 2.05) is 6.92 Å². The summed E-state index contributed by atoms with van der Waals surface area (Å²) < 4.78 is 15.7. The van der Waals surface area contributed by atoms with Crippen LogP contribution in [0.15, 0.2) is 0 Å². The number of amides is 1. The molecule has 1 N–H and O–H groups in total. The third-order valence-electron chi connectivity index (χ3n) is 3.74. The molecule has 2 aliphatic heterocycles. The fourth-order valence-electron chi connectivity index (χ4n) is 2.66. The number of carbonyl (C=O) groups excluding carboxylic acids is 2. The standard InChI is InChI=1S/C12H19NO6/c1-3-8-9(13(16)11(8)15)6-12(7-10(14)17-2)18-4-5-19-12/h8-9,16H,3-7H2,1-2H3/t8?,9-/m1/s1. The van der Waals surface area contributed by atoms with E-state index in [0.717, 1.165) is 0 Å². The molecule has 7 nitrogen and oxygen atoms in total. The van der Waals surface area contributed by atoms with Crippen LogP contribution in [0, 0.1) is 5.92 Å². The van der Waals surface area contributed by atoms with Gasteiger partial charge in [-0.05, 0) is 6.42 Å². The molecule has 0 aromatic heterocycles. The van der Waals surface area contributed by atoms with Gasteiger partial charge >= 0.3 is 5.97 Å². The summed E-state index contributed by atoms with van der Waals surface area (Å²) in [5.41, 5.74) is 0. The summed E-state index contributed by atoms with van der Waals surface area (Å²) in [5.74, 6) is -2.07. The maximum atomic E-state index is 11.5. The summed E-state index contributed by atoms with van der Waals surface area (Å²) in [6, 6.07) is -0.375. The number of β-lactam (4-membered cyclic amide) rings is 1. The van der Waals surface area contributed by atoms with Crippen LogP contribution in [-0.2, 0) is 23.8 Å². The molecule has 0 saturated carbocycles. The Hall–Kier alpha value is -1.18. The molecule has 0 aliphatic carbocycles. The minimum absolute atomic E-state index is 0.0432. The Kier molecular flexibility index (Phi) is 4.07. The lowest BCUT2D eigenvalue weighted by molar-refractivity contribution is -0.245. The minimum atomic E-state index is -1.09. The summed E-state index contributed by atoms with van der Waals surface area (Å²) in [4.78, 5) is 22.9. The molecular weight excluding hydrogens is 254 g/mol. The summed E-state index contributed by atoms with van der Waals surface area (Å²) in [6.07, 6.45) is 0.857. The van der Waals surface area contributed by atoms with E-state index < -0.39 is 11.8 Å². The van der Waals surface area contributed by atoms with Gasteiger partial charge < -0.3 is 14.2 Å². The van der Waals surface area contributed by atoms with Crippen LogP contribution in [0.3, 0.4) is 0 Å². The Morgan fingerprint density at radius 1 is 1.53 bits per heavy atom. The largest absolute Gasteiger partial charge is 0.469 e. The van der Waals surface area contributed by atoms with Gasteiger partial charge in [0.05, 0.1) is 38.7 Å². The van der Waals surface area contributed by atoms with Gasteiger partial charge in [0, 0.05) is 6.42 Å². The first-order valence-corrected chi connectivity index (χ1v) is 6.39. The van der Waals surface area contributed by atoms with Crippen LogP contribution in [0.4, 0.5) is 0 Å². The highest BCUT2D eigenvalue weighted by molar-refractivity contribution is 5.84. The SMILES string of the molecule is CCC1C(=O)N(O)[C@@H]1CC1(CC(=O)OC)OCCO1. The maximum absolute atomic E-state index is 11.5. The molecule has 0 radical (unpaired) electrons. The molecule has 0 spiro atoms. The number of esters is 1. The Morgan fingerprint density at radius 2 is 2.16 bits per heavy atom. The highest BCUT2D eigenvalue weighted by Gasteiger charge is 2.52. The van der Waals surface area contributed by atoms with Crippen LogP contribution in [0.5, 0.6) is 0 Å². The molecule has 7 heteroatoms. The zero-order valence-corrected chi connectivity index (χ0v) is 11.1. The first kappa shape index (κ1) is 14.2. The number of nitrogens with zero attached hydrogens (tertiary/aromatic N) is 1. The van der Waals surface area contributed by atoms with Gasteiger partial charge in [-0.15, -0.1) is 0 Å². The highest BCUT2D eigenvalue weighted by atomic mass is 16.7. The second-order valence-electron chi connectivity index (χ2n) is 4.83. The lowest BCUT2D eigenvalue weighted by Crippen LogP contribution is -2.61. The van der Waals surface area contributed by atoms with E-state index in [-0.39, 0.29) is 30.7 Å². The first-order valence-electron chi connectivity index (χ1n) is 6.39. The van der Waals surface area contributed by atoms with Crippen LogP contribution in [0.25, 0.3) is 0 Å². The number of hydrogen-bond acceptors (Lipinski definition) is 6. The lowest BCUT2D eigenvalue weighted by atomic mass is 9.82. The van der Waals surface area contributed by atoms with E-state index in [2.05, 4.69) is 4.74 Å². The molecule has 2 atom stereocenters. The van der Waals surface area contributed by atoms with Gasteiger partial charge in [0.15, 0.2) is 5.79 Å². The van der Waals surface area contributed by atoms with E-state index in [9.17, 15) is 14.8 Å². The van der Waals surface area contributed by atoms with Gasteiger partial charge in [0.2, 0.25) is 0 Å². The molecule has 0 aromatic rings. The monoisotopic (exact) mass is 273 g/mol. The number of rotatable bonds is 5. The first-order chi connectivity index (χ1) is 9.03. The number of methoxy groups -OCH3 is 1. The third kappa shape index (κ3) is 2.58. The van der Waals surface area contributed by atoms with Crippen LogP contribution in [-0.4, -0.2) is 54.3 Å². The molecule has 2 saturated heterocycles. The van der Waals surface area contributed by atoms with Crippen molar-refractivity contribution in [2.75, 3.05) is 20.3 Å². The molecule has 0 bridgehead atoms. The van der Waals surface area contributed by atoms with E-state index >= 15 is 0 Å². The average molecular weight is 273 g/mol. The zero-order chi connectivity index (χ0) is 14.0. The van der Waals surface area contributed by atoms with Crippen molar-refractivity contribution in [2.45, 2.75) is 38.0 Å². The van der Waals surface area contributed by atoms with Crippen molar-refractivity contribution in [1.29, 1.82) is 0 Å². The summed E-state index contributed by atoms with van der Waals surface area (Å²) >= 11 is 0. The lowest BCUT2D eigenvalue weighted by Gasteiger charge is -2.45. The number of carbonyl (C=O) groups is 2. The van der Waals surface area contributed by atoms with Crippen molar-refractivity contribution < 1.29 is 29.0 Å². The Balaban J connectivity index is 2.05. The molecular formula is C12H19NO6. The summed E-state index contributed by atoms with van der Waals surface area (Å²) in [6.45, 7) is 2.66. The van der Waals surface area contributed by atoms with Gasteiger partial charge in [0.25, 0.3) is 5.91 Å². The maximum Gasteiger partial charge on any atom is 0.310 e.